The Morgan fingerprint density at radius 1 is 0.596 bits per heavy atom. The van der Waals surface area contributed by atoms with E-state index in [1.165, 1.54) is 5.57 Å². The molecule has 1 atom stereocenters. The number of hydrogen-bond acceptors (Lipinski definition) is 5. The minimum absolute atomic E-state index is 0.0160. The van der Waals surface area contributed by atoms with Crippen LogP contribution in [0.15, 0.2) is 131 Å². The molecule has 0 radical (unpaired) electrons. The van der Waals surface area contributed by atoms with Gasteiger partial charge in [0.25, 0.3) is 0 Å². The number of aryl methyl sites for hydroxylation is 2. The second-order valence-corrected chi connectivity index (χ2v) is 12.2. The summed E-state index contributed by atoms with van der Waals surface area (Å²) in [7, 11) is 0. The third-order valence-electron chi connectivity index (χ3n) is 8.34. The second-order valence-electron chi connectivity index (χ2n) is 12.2. The van der Waals surface area contributed by atoms with Gasteiger partial charge < -0.3 is 11.1 Å². The van der Waals surface area contributed by atoms with Crippen molar-refractivity contribution in [3.63, 3.8) is 0 Å². The smallest absolute Gasteiger partial charge is 0.152 e. The molecule has 0 saturated carbocycles. The van der Waals surface area contributed by atoms with Crippen molar-refractivity contribution < 1.29 is 0 Å². The predicted octanol–water partition coefficient (Wildman–Crippen LogP) is 8.52. The van der Waals surface area contributed by atoms with E-state index in [2.05, 4.69) is 17.1 Å². The Morgan fingerprint density at radius 2 is 1.02 bits per heavy atom. The maximum Gasteiger partial charge on any atom is 0.152 e. The fourth-order valence-corrected chi connectivity index (χ4v) is 5.16. The zero-order chi connectivity index (χ0) is 33.7. The first-order valence-corrected chi connectivity index (χ1v) is 15.4. The summed E-state index contributed by atoms with van der Waals surface area (Å²) < 4.78 is 0. The van der Waals surface area contributed by atoms with Crippen LogP contribution in [0.1, 0.15) is 59.2 Å². The van der Waals surface area contributed by atoms with Gasteiger partial charge in [-0.1, -0.05) is 127 Å². The summed E-state index contributed by atoms with van der Waals surface area (Å²) in [5, 5.41) is 35.9. The van der Waals surface area contributed by atoms with E-state index >= 15 is 0 Å². The lowest BCUT2D eigenvalue weighted by Gasteiger charge is -2.29. The lowest BCUT2D eigenvalue weighted by atomic mass is 9.75. The van der Waals surface area contributed by atoms with Crippen molar-refractivity contribution in [2.45, 2.75) is 34.1 Å². The number of nitrogens with one attached hydrogen (secondary N) is 4. The van der Waals surface area contributed by atoms with E-state index < -0.39 is 5.41 Å². The number of aliphatic imine (C=N–C) groups is 2. The highest BCUT2D eigenvalue weighted by atomic mass is 14.9. The molecule has 1 unspecified atom stereocenters. The van der Waals surface area contributed by atoms with Gasteiger partial charge in [0, 0.05) is 38.9 Å². The van der Waals surface area contributed by atoms with E-state index in [1.54, 1.807) is 48.5 Å². The first-order valence-electron chi connectivity index (χ1n) is 15.4. The van der Waals surface area contributed by atoms with Crippen molar-refractivity contribution >= 4 is 40.2 Å². The molecule has 4 aromatic rings. The molecule has 0 spiro atoms. The van der Waals surface area contributed by atoms with E-state index in [0.29, 0.717) is 51.5 Å². The molecule has 0 saturated heterocycles. The van der Waals surface area contributed by atoms with E-state index in [1.807, 2.05) is 82.3 Å². The van der Waals surface area contributed by atoms with E-state index in [0.717, 1.165) is 16.7 Å². The Balaban J connectivity index is 1.45. The molecule has 0 bridgehead atoms. The number of amidine groups is 2. The van der Waals surface area contributed by atoms with Crippen molar-refractivity contribution in [2.24, 2.45) is 15.4 Å². The molecule has 47 heavy (non-hydrogen) atoms. The van der Waals surface area contributed by atoms with Crippen molar-refractivity contribution in [3.8, 4) is 0 Å². The minimum Gasteiger partial charge on any atom is -0.399 e. The van der Waals surface area contributed by atoms with Crippen LogP contribution in [0.25, 0.3) is 0 Å². The van der Waals surface area contributed by atoms with Gasteiger partial charge in [0.1, 0.15) is 0 Å². The normalized spacial score (nSPS) is 16.4. The van der Waals surface area contributed by atoms with Gasteiger partial charge in [-0.05, 0) is 39.3 Å². The van der Waals surface area contributed by atoms with Crippen LogP contribution in [0.2, 0.25) is 0 Å². The molecule has 0 fully saturated rings. The highest BCUT2D eigenvalue weighted by Crippen LogP contribution is 2.32. The number of benzene rings is 4. The monoisotopic (exact) mass is 617 g/mol. The highest BCUT2D eigenvalue weighted by molar-refractivity contribution is 6.54. The number of nitrogens with two attached hydrogens (primary N) is 1. The average Bonchev–Trinajstić information content (AvgIpc) is 3.08. The Kier molecular flexibility index (Phi) is 9.47. The van der Waals surface area contributed by atoms with Crippen LogP contribution in [-0.2, 0) is 0 Å². The van der Waals surface area contributed by atoms with E-state index in [4.69, 9.17) is 27.0 Å². The van der Waals surface area contributed by atoms with Crippen LogP contribution in [0.4, 0.5) is 5.69 Å². The molecule has 7 heteroatoms. The maximum atomic E-state index is 9.22. The molecule has 1 aliphatic rings. The third-order valence-corrected chi connectivity index (χ3v) is 8.34. The fourth-order valence-electron chi connectivity index (χ4n) is 5.16. The summed E-state index contributed by atoms with van der Waals surface area (Å²) in [4.78, 5) is 9.34. The Hall–Kier alpha value is -5.82. The molecular weight excluding hydrogens is 578 g/mol. The van der Waals surface area contributed by atoms with Gasteiger partial charge >= 0.3 is 0 Å². The molecule has 7 nitrogen and oxygen atoms in total. The van der Waals surface area contributed by atoms with Gasteiger partial charge in [-0.3, -0.25) is 16.2 Å². The SMILES string of the molecule is CC1=CCC(C)(C(=N)C(=NC(=N)c2ccc(C(=N)N=C(C(=N)c3ccc(C)cc3)c3ccc(N)cc3)cc2)c2ccc(C)cc2)C=C1. The molecular formula is C40H39N7. The standard InChI is InChI=1S/C40H39N7/c1-25-5-9-28(10-6-25)34(42)35(29-17-19-33(41)20-18-29)46-38(44)31-13-15-32(16-14-31)39(45)47-36(30-11-7-26(2)8-12-30)37(43)40(4)23-21-27(3)22-24-40/h5-23,42-45H,24,41H2,1-4H3. The zero-order valence-corrected chi connectivity index (χ0v) is 27.1. The molecule has 6 N–H and O–H groups in total. The third kappa shape index (κ3) is 7.53. The van der Waals surface area contributed by atoms with Gasteiger partial charge in [0.15, 0.2) is 11.7 Å². The van der Waals surface area contributed by atoms with Gasteiger partial charge in [0.05, 0.1) is 22.8 Å². The fraction of sp³-hybridized carbons (Fsp3) is 0.150. The van der Waals surface area contributed by atoms with Gasteiger partial charge in [-0.15, -0.1) is 0 Å². The van der Waals surface area contributed by atoms with Crippen LogP contribution >= 0.6 is 0 Å². The second kappa shape index (κ2) is 13.7. The summed E-state index contributed by atoms with van der Waals surface area (Å²) in [5.41, 5.74) is 13.9. The van der Waals surface area contributed by atoms with Crippen LogP contribution < -0.4 is 5.73 Å². The van der Waals surface area contributed by atoms with Gasteiger partial charge in [-0.2, -0.15) is 0 Å². The van der Waals surface area contributed by atoms with Crippen molar-refractivity contribution in [1.82, 2.24) is 0 Å². The molecule has 4 aromatic carbocycles. The van der Waals surface area contributed by atoms with E-state index in [-0.39, 0.29) is 17.4 Å². The molecule has 0 aromatic heterocycles. The summed E-state index contributed by atoms with van der Waals surface area (Å²) in [5.74, 6) is 0.00322. The van der Waals surface area contributed by atoms with Crippen LogP contribution in [0.5, 0.6) is 0 Å². The van der Waals surface area contributed by atoms with Crippen LogP contribution in [-0.4, -0.2) is 34.5 Å². The van der Waals surface area contributed by atoms with Crippen LogP contribution in [0, 0.1) is 40.9 Å². The van der Waals surface area contributed by atoms with Crippen molar-refractivity contribution in [2.75, 3.05) is 5.73 Å². The number of allylic oxidation sites excluding steroid dienone is 4. The zero-order valence-electron chi connectivity index (χ0n) is 27.1. The first kappa shape index (κ1) is 32.6. The first-order chi connectivity index (χ1) is 22.4. The lowest BCUT2D eigenvalue weighted by Crippen LogP contribution is -2.33. The molecule has 0 amide bonds. The highest BCUT2D eigenvalue weighted by Gasteiger charge is 2.31. The quantitative estimate of drug-likeness (QED) is 0.0753. The number of hydrogen-bond donors (Lipinski definition) is 5. The summed E-state index contributed by atoms with van der Waals surface area (Å²) >= 11 is 0. The minimum atomic E-state index is -0.547. The number of rotatable bonds is 8. The molecule has 234 valence electrons. The Morgan fingerprint density at radius 3 is 1.51 bits per heavy atom. The number of nitrogens with zero attached hydrogens (tertiary/aromatic N) is 2. The van der Waals surface area contributed by atoms with Gasteiger partial charge in [0.2, 0.25) is 0 Å². The predicted molar refractivity (Wildman–Crippen MR) is 197 cm³/mol. The largest absolute Gasteiger partial charge is 0.399 e. The van der Waals surface area contributed by atoms with Crippen molar-refractivity contribution in [1.29, 1.82) is 21.6 Å². The lowest BCUT2D eigenvalue weighted by molar-refractivity contribution is 0.600. The summed E-state index contributed by atoms with van der Waals surface area (Å²) in [6.45, 7) is 8.08. The van der Waals surface area contributed by atoms with Gasteiger partial charge in [-0.25, -0.2) is 9.98 Å². The molecule has 0 aliphatic heterocycles. The maximum absolute atomic E-state index is 9.22. The average molecular weight is 618 g/mol. The topological polar surface area (TPSA) is 146 Å². The van der Waals surface area contributed by atoms with E-state index in [9.17, 15) is 5.41 Å². The molecule has 5 rings (SSSR count). The number of nitrogen functional groups attached to an aromatic ring is 1. The summed E-state index contributed by atoms with van der Waals surface area (Å²) in [6.07, 6.45) is 6.90. The van der Waals surface area contributed by atoms with Crippen LogP contribution in [0.3, 0.4) is 0 Å². The molecule has 1 aliphatic carbocycles. The summed E-state index contributed by atoms with van der Waals surface area (Å²) in [6, 6.07) is 29.6. The van der Waals surface area contributed by atoms with Crippen molar-refractivity contribution in [3.05, 3.63) is 160 Å². The molecule has 0 heterocycles. The Labute approximate surface area is 276 Å². The Bertz CT molecular complexity index is 1970. The number of anilines is 1.